The molecule has 0 bridgehead atoms. The van der Waals surface area contributed by atoms with Gasteiger partial charge in [0.15, 0.2) is 5.16 Å². The number of hydrogen-bond acceptors (Lipinski definition) is 4. The third-order valence-electron chi connectivity index (χ3n) is 4.32. The molecular formula is C19H25N3O2S. The monoisotopic (exact) mass is 359 g/mol. The number of morpholine rings is 1. The van der Waals surface area contributed by atoms with Gasteiger partial charge in [0, 0.05) is 25.5 Å². The molecule has 0 saturated carbocycles. The van der Waals surface area contributed by atoms with Crippen molar-refractivity contribution in [3.8, 4) is 5.69 Å². The summed E-state index contributed by atoms with van der Waals surface area (Å²) in [6.07, 6.45) is 3.92. The largest absolute Gasteiger partial charge is 0.372 e. The normalized spacial score (nSPS) is 20.7. The van der Waals surface area contributed by atoms with Crippen LogP contribution in [-0.4, -0.2) is 51.4 Å². The van der Waals surface area contributed by atoms with Crippen molar-refractivity contribution in [1.82, 2.24) is 14.5 Å². The molecule has 134 valence electrons. The fourth-order valence-corrected chi connectivity index (χ4v) is 4.12. The summed E-state index contributed by atoms with van der Waals surface area (Å²) in [6, 6.07) is 6.35. The molecule has 1 aliphatic rings. The molecule has 2 atom stereocenters. The summed E-state index contributed by atoms with van der Waals surface area (Å²) in [6.45, 7) is 9.53. The van der Waals surface area contributed by atoms with Gasteiger partial charge in [0.1, 0.15) is 0 Å². The van der Waals surface area contributed by atoms with Crippen molar-refractivity contribution in [2.24, 2.45) is 0 Å². The Bertz CT molecular complexity index is 749. The number of aryl methyl sites for hydroxylation is 2. The number of hydrogen-bond donors (Lipinski definition) is 0. The third kappa shape index (κ3) is 4.25. The predicted octanol–water partition coefficient (Wildman–Crippen LogP) is 3.22. The number of nitrogens with zero attached hydrogens (tertiary/aromatic N) is 3. The van der Waals surface area contributed by atoms with E-state index in [1.165, 1.54) is 22.9 Å². The van der Waals surface area contributed by atoms with Gasteiger partial charge in [0.2, 0.25) is 5.91 Å². The number of benzene rings is 1. The summed E-state index contributed by atoms with van der Waals surface area (Å²) in [5.74, 6) is 0.531. The van der Waals surface area contributed by atoms with Crippen LogP contribution in [0.5, 0.6) is 0 Å². The van der Waals surface area contributed by atoms with Crippen LogP contribution in [-0.2, 0) is 9.53 Å². The lowest BCUT2D eigenvalue weighted by Crippen LogP contribution is -2.48. The van der Waals surface area contributed by atoms with Crippen molar-refractivity contribution >= 4 is 17.7 Å². The van der Waals surface area contributed by atoms with Crippen LogP contribution in [0.3, 0.4) is 0 Å². The van der Waals surface area contributed by atoms with Gasteiger partial charge in [-0.25, -0.2) is 4.98 Å². The molecule has 1 aromatic carbocycles. The molecule has 1 saturated heterocycles. The van der Waals surface area contributed by atoms with Crippen LogP contribution in [0.2, 0.25) is 0 Å². The topological polar surface area (TPSA) is 47.4 Å². The Morgan fingerprint density at radius 1 is 1.28 bits per heavy atom. The number of carbonyl (C=O) groups excluding carboxylic acids is 1. The van der Waals surface area contributed by atoms with Crippen LogP contribution in [0.1, 0.15) is 25.0 Å². The highest BCUT2D eigenvalue weighted by Crippen LogP contribution is 2.24. The molecule has 6 heteroatoms. The quantitative estimate of drug-likeness (QED) is 0.787. The first-order valence-electron chi connectivity index (χ1n) is 8.61. The standard InChI is InChI=1S/C19H25N3O2S/c1-13-5-6-17(14(2)9-13)22-8-7-20-19(22)25-12-18(23)21-10-15(3)24-16(4)11-21/h5-9,15-16H,10-12H2,1-4H3. The zero-order valence-electron chi connectivity index (χ0n) is 15.2. The molecule has 1 fully saturated rings. The van der Waals surface area contributed by atoms with Gasteiger partial charge >= 0.3 is 0 Å². The Morgan fingerprint density at radius 2 is 2.00 bits per heavy atom. The SMILES string of the molecule is Cc1ccc(-n2ccnc2SCC(=O)N2CC(C)OC(C)C2)c(C)c1. The smallest absolute Gasteiger partial charge is 0.233 e. The summed E-state index contributed by atoms with van der Waals surface area (Å²) < 4.78 is 7.75. The Morgan fingerprint density at radius 3 is 2.68 bits per heavy atom. The van der Waals surface area contributed by atoms with E-state index >= 15 is 0 Å². The minimum Gasteiger partial charge on any atom is -0.372 e. The van der Waals surface area contributed by atoms with Crippen molar-refractivity contribution in [2.45, 2.75) is 45.1 Å². The van der Waals surface area contributed by atoms with E-state index in [2.05, 4.69) is 41.6 Å². The Labute approximate surface area is 153 Å². The number of carbonyl (C=O) groups is 1. The lowest BCUT2D eigenvalue weighted by atomic mass is 10.1. The highest BCUT2D eigenvalue weighted by molar-refractivity contribution is 7.99. The molecular weight excluding hydrogens is 334 g/mol. The molecule has 2 unspecified atom stereocenters. The minimum atomic E-state index is 0.0925. The second kappa shape index (κ2) is 7.62. The molecule has 1 aromatic heterocycles. The maximum atomic E-state index is 12.6. The second-order valence-corrected chi connectivity index (χ2v) is 7.66. The lowest BCUT2D eigenvalue weighted by Gasteiger charge is -2.35. The Kier molecular flexibility index (Phi) is 5.49. The van der Waals surface area contributed by atoms with E-state index in [0.717, 1.165) is 10.8 Å². The van der Waals surface area contributed by atoms with Gasteiger partial charge in [-0.2, -0.15) is 0 Å². The highest BCUT2D eigenvalue weighted by Gasteiger charge is 2.26. The molecule has 25 heavy (non-hydrogen) atoms. The van der Waals surface area contributed by atoms with Gasteiger partial charge in [-0.05, 0) is 39.3 Å². The predicted molar refractivity (Wildman–Crippen MR) is 100 cm³/mol. The molecule has 3 rings (SSSR count). The molecule has 2 aromatic rings. The van der Waals surface area contributed by atoms with Crippen molar-refractivity contribution < 1.29 is 9.53 Å². The molecule has 1 amide bonds. The molecule has 0 radical (unpaired) electrons. The lowest BCUT2D eigenvalue weighted by molar-refractivity contribution is -0.140. The van der Waals surface area contributed by atoms with Gasteiger partial charge in [0.05, 0.1) is 23.6 Å². The van der Waals surface area contributed by atoms with Gasteiger partial charge in [-0.3, -0.25) is 9.36 Å². The first kappa shape index (κ1) is 18.0. The summed E-state index contributed by atoms with van der Waals surface area (Å²) in [5, 5.41) is 0.842. The van der Waals surface area contributed by atoms with Crippen molar-refractivity contribution in [3.05, 3.63) is 41.7 Å². The maximum absolute atomic E-state index is 12.6. The highest BCUT2D eigenvalue weighted by atomic mass is 32.2. The Hall–Kier alpha value is -1.79. The van der Waals surface area contributed by atoms with E-state index in [4.69, 9.17) is 4.74 Å². The van der Waals surface area contributed by atoms with Crippen molar-refractivity contribution in [2.75, 3.05) is 18.8 Å². The summed E-state index contributed by atoms with van der Waals surface area (Å²) in [7, 11) is 0. The van der Waals surface area contributed by atoms with E-state index in [9.17, 15) is 4.79 Å². The zero-order chi connectivity index (χ0) is 18.0. The minimum absolute atomic E-state index is 0.0925. The molecule has 1 aliphatic heterocycles. The number of ether oxygens (including phenoxy) is 1. The molecule has 0 spiro atoms. The Balaban J connectivity index is 1.68. The first-order valence-corrected chi connectivity index (χ1v) is 9.59. The summed E-state index contributed by atoms with van der Waals surface area (Å²) in [4.78, 5) is 18.9. The molecule has 2 heterocycles. The maximum Gasteiger partial charge on any atom is 0.233 e. The van der Waals surface area contributed by atoms with E-state index < -0.39 is 0 Å². The summed E-state index contributed by atoms with van der Waals surface area (Å²) >= 11 is 1.49. The van der Waals surface area contributed by atoms with Crippen LogP contribution < -0.4 is 0 Å². The van der Waals surface area contributed by atoms with Crippen molar-refractivity contribution in [1.29, 1.82) is 0 Å². The number of amides is 1. The fourth-order valence-electron chi connectivity index (χ4n) is 3.25. The number of rotatable bonds is 4. The van der Waals surface area contributed by atoms with E-state index in [1.807, 2.05) is 24.9 Å². The van der Waals surface area contributed by atoms with Crippen LogP contribution in [0.15, 0.2) is 35.7 Å². The van der Waals surface area contributed by atoms with E-state index in [-0.39, 0.29) is 18.1 Å². The first-order chi connectivity index (χ1) is 11.9. The van der Waals surface area contributed by atoms with Crippen LogP contribution in [0.25, 0.3) is 5.69 Å². The van der Waals surface area contributed by atoms with Gasteiger partial charge < -0.3 is 9.64 Å². The van der Waals surface area contributed by atoms with Gasteiger partial charge in [0.25, 0.3) is 0 Å². The number of aromatic nitrogens is 2. The van der Waals surface area contributed by atoms with E-state index in [0.29, 0.717) is 18.8 Å². The van der Waals surface area contributed by atoms with Crippen LogP contribution in [0.4, 0.5) is 0 Å². The van der Waals surface area contributed by atoms with Gasteiger partial charge in [-0.1, -0.05) is 29.5 Å². The third-order valence-corrected chi connectivity index (χ3v) is 5.27. The number of imidazole rings is 1. The fraction of sp³-hybridized carbons (Fsp3) is 0.474. The summed E-state index contributed by atoms with van der Waals surface area (Å²) in [5.41, 5.74) is 3.54. The van der Waals surface area contributed by atoms with Crippen molar-refractivity contribution in [3.63, 3.8) is 0 Å². The number of thioether (sulfide) groups is 1. The molecule has 0 aliphatic carbocycles. The average Bonchev–Trinajstić information content (AvgIpc) is 3.00. The zero-order valence-corrected chi connectivity index (χ0v) is 16.0. The van der Waals surface area contributed by atoms with Gasteiger partial charge in [-0.15, -0.1) is 0 Å². The van der Waals surface area contributed by atoms with Crippen LogP contribution in [0, 0.1) is 13.8 Å². The second-order valence-electron chi connectivity index (χ2n) is 6.71. The van der Waals surface area contributed by atoms with Crippen LogP contribution >= 0.6 is 11.8 Å². The van der Waals surface area contributed by atoms with E-state index in [1.54, 1.807) is 6.20 Å². The molecule has 5 nitrogen and oxygen atoms in total. The molecule has 0 N–H and O–H groups in total. The average molecular weight is 359 g/mol.